The maximum absolute atomic E-state index is 12.2. The third-order valence-corrected chi connectivity index (χ3v) is 4.39. The number of aliphatic hydroxyl groups is 1. The number of nitrogens with zero attached hydrogens (tertiary/aromatic N) is 1. The Balaban J connectivity index is 1.91. The van der Waals surface area contributed by atoms with Crippen molar-refractivity contribution in [3.05, 3.63) is 0 Å². The third-order valence-electron chi connectivity index (χ3n) is 4.39. The van der Waals surface area contributed by atoms with Gasteiger partial charge in [-0.25, -0.2) is 0 Å². The molecule has 3 N–H and O–H groups in total. The van der Waals surface area contributed by atoms with Gasteiger partial charge in [-0.2, -0.15) is 0 Å². The van der Waals surface area contributed by atoms with Gasteiger partial charge in [-0.05, 0) is 31.2 Å². The summed E-state index contributed by atoms with van der Waals surface area (Å²) >= 11 is 0. The van der Waals surface area contributed by atoms with E-state index in [1.54, 1.807) is 4.90 Å². The Hall–Kier alpha value is -0.610. The van der Waals surface area contributed by atoms with Crippen LogP contribution in [0.15, 0.2) is 0 Å². The van der Waals surface area contributed by atoms with E-state index in [9.17, 15) is 9.90 Å². The van der Waals surface area contributed by atoms with E-state index in [0.29, 0.717) is 26.1 Å². The normalized spacial score (nSPS) is 28.4. The van der Waals surface area contributed by atoms with Crippen LogP contribution in [0.25, 0.3) is 0 Å². The minimum atomic E-state index is -0.320. The molecule has 4 heteroatoms. The van der Waals surface area contributed by atoms with Gasteiger partial charge in [0.1, 0.15) is 0 Å². The number of aliphatic hydroxyl groups excluding tert-OH is 1. The number of β-amino-alcohol motifs (C(OH)–C–C–N with tert-alkyl or cyclic N) is 1. The average molecular weight is 240 g/mol. The zero-order chi connectivity index (χ0) is 12.3. The third kappa shape index (κ3) is 2.99. The van der Waals surface area contributed by atoms with Crippen molar-refractivity contribution in [2.24, 2.45) is 11.1 Å². The molecule has 0 spiro atoms. The molecule has 0 bridgehead atoms. The first-order valence-corrected chi connectivity index (χ1v) is 6.81. The van der Waals surface area contributed by atoms with E-state index in [1.807, 2.05) is 0 Å². The van der Waals surface area contributed by atoms with E-state index < -0.39 is 0 Å². The lowest BCUT2D eigenvalue weighted by molar-refractivity contribution is -0.133. The van der Waals surface area contributed by atoms with Crippen molar-refractivity contribution < 1.29 is 9.90 Å². The predicted octanol–water partition coefficient (Wildman–Crippen LogP) is 0.879. The molecule has 0 aromatic heterocycles. The van der Waals surface area contributed by atoms with Gasteiger partial charge >= 0.3 is 0 Å². The van der Waals surface area contributed by atoms with Gasteiger partial charge in [-0.15, -0.1) is 0 Å². The number of carbonyl (C=O) groups excluding carboxylic acids is 1. The second-order valence-electron chi connectivity index (χ2n) is 5.72. The fraction of sp³-hybridized carbons (Fsp3) is 0.923. The second-order valence-corrected chi connectivity index (χ2v) is 5.72. The SMILES string of the molecule is NCC1(CC(=O)N2CCC(O)C2)CCCCC1. The molecule has 4 nitrogen and oxygen atoms in total. The van der Waals surface area contributed by atoms with Crippen LogP contribution in [0.5, 0.6) is 0 Å². The van der Waals surface area contributed by atoms with Crippen molar-refractivity contribution in [1.29, 1.82) is 0 Å². The molecule has 0 radical (unpaired) electrons. The molecular formula is C13H24N2O2. The van der Waals surface area contributed by atoms with Crippen LogP contribution >= 0.6 is 0 Å². The van der Waals surface area contributed by atoms with Gasteiger partial charge in [0.2, 0.25) is 5.91 Å². The van der Waals surface area contributed by atoms with Crippen LogP contribution in [0.2, 0.25) is 0 Å². The van der Waals surface area contributed by atoms with E-state index in [4.69, 9.17) is 5.73 Å². The highest BCUT2D eigenvalue weighted by molar-refractivity contribution is 5.77. The van der Waals surface area contributed by atoms with Gasteiger partial charge in [0, 0.05) is 19.5 Å². The number of hydrogen-bond donors (Lipinski definition) is 2. The Morgan fingerprint density at radius 3 is 2.59 bits per heavy atom. The Kier molecular flexibility index (Phi) is 4.05. The number of nitrogens with two attached hydrogens (primary N) is 1. The molecule has 0 aromatic rings. The first-order chi connectivity index (χ1) is 8.15. The monoisotopic (exact) mass is 240 g/mol. The number of amides is 1. The minimum absolute atomic E-state index is 0.0445. The van der Waals surface area contributed by atoms with Gasteiger partial charge < -0.3 is 15.7 Å². The topological polar surface area (TPSA) is 66.6 Å². The zero-order valence-corrected chi connectivity index (χ0v) is 10.5. The van der Waals surface area contributed by atoms with Crippen LogP contribution in [0.3, 0.4) is 0 Å². The van der Waals surface area contributed by atoms with E-state index >= 15 is 0 Å². The summed E-state index contributed by atoms with van der Waals surface area (Å²) in [4.78, 5) is 14.0. The summed E-state index contributed by atoms with van der Waals surface area (Å²) in [5.74, 6) is 0.189. The van der Waals surface area contributed by atoms with E-state index in [1.165, 1.54) is 19.3 Å². The second kappa shape index (κ2) is 5.36. The summed E-state index contributed by atoms with van der Waals surface area (Å²) in [6.07, 6.45) is 6.84. The van der Waals surface area contributed by atoms with Gasteiger partial charge in [-0.3, -0.25) is 4.79 Å². The van der Waals surface area contributed by atoms with Crippen molar-refractivity contribution in [3.63, 3.8) is 0 Å². The summed E-state index contributed by atoms with van der Waals surface area (Å²) in [5, 5.41) is 9.46. The molecule has 1 amide bonds. The molecule has 0 aromatic carbocycles. The molecule has 1 aliphatic carbocycles. The zero-order valence-electron chi connectivity index (χ0n) is 10.5. The summed E-state index contributed by atoms with van der Waals surface area (Å²) in [7, 11) is 0. The van der Waals surface area contributed by atoms with E-state index in [2.05, 4.69) is 0 Å². The molecule has 2 aliphatic rings. The van der Waals surface area contributed by atoms with Crippen LogP contribution < -0.4 is 5.73 Å². The van der Waals surface area contributed by atoms with E-state index in [0.717, 1.165) is 19.3 Å². The molecule has 1 heterocycles. The lowest BCUT2D eigenvalue weighted by Crippen LogP contribution is -2.40. The highest BCUT2D eigenvalue weighted by Gasteiger charge is 2.35. The van der Waals surface area contributed by atoms with Gasteiger partial charge in [0.25, 0.3) is 0 Å². The molecule has 1 saturated heterocycles. The lowest BCUT2D eigenvalue weighted by atomic mass is 9.71. The molecule has 1 atom stereocenters. The molecule has 2 rings (SSSR count). The number of hydrogen-bond acceptors (Lipinski definition) is 3. The van der Waals surface area contributed by atoms with Crippen molar-refractivity contribution in [2.75, 3.05) is 19.6 Å². The molecule has 2 fully saturated rings. The molecule has 1 aliphatic heterocycles. The Morgan fingerprint density at radius 1 is 1.35 bits per heavy atom. The van der Waals surface area contributed by atoms with E-state index in [-0.39, 0.29) is 17.4 Å². The fourth-order valence-electron chi connectivity index (χ4n) is 3.16. The van der Waals surface area contributed by atoms with Crippen molar-refractivity contribution in [1.82, 2.24) is 4.90 Å². The maximum atomic E-state index is 12.2. The van der Waals surface area contributed by atoms with Gasteiger partial charge in [0.05, 0.1) is 6.10 Å². The van der Waals surface area contributed by atoms with Crippen LogP contribution in [0, 0.1) is 5.41 Å². The van der Waals surface area contributed by atoms with Crippen molar-refractivity contribution in [3.8, 4) is 0 Å². The standard InChI is InChI=1S/C13H24N2O2/c14-10-13(5-2-1-3-6-13)8-12(17)15-7-4-11(16)9-15/h11,16H,1-10,14H2. The lowest BCUT2D eigenvalue weighted by Gasteiger charge is -2.36. The van der Waals surface area contributed by atoms with Crippen LogP contribution in [-0.4, -0.2) is 41.7 Å². The van der Waals surface area contributed by atoms with Crippen molar-refractivity contribution in [2.45, 2.75) is 51.0 Å². The summed E-state index contributed by atoms with van der Waals surface area (Å²) < 4.78 is 0. The Bertz CT molecular complexity index is 275. The molecular weight excluding hydrogens is 216 g/mol. The number of rotatable bonds is 3. The summed E-state index contributed by atoms with van der Waals surface area (Å²) in [5.41, 5.74) is 5.94. The van der Waals surface area contributed by atoms with Gasteiger partial charge in [0.15, 0.2) is 0 Å². The average Bonchev–Trinajstić information content (AvgIpc) is 2.77. The minimum Gasteiger partial charge on any atom is -0.391 e. The number of carbonyl (C=O) groups is 1. The largest absolute Gasteiger partial charge is 0.391 e. The molecule has 1 unspecified atom stereocenters. The van der Waals surface area contributed by atoms with Crippen LogP contribution in [0.1, 0.15) is 44.9 Å². The number of likely N-dealkylation sites (tertiary alicyclic amines) is 1. The first kappa shape index (κ1) is 12.8. The summed E-state index contributed by atoms with van der Waals surface area (Å²) in [6.45, 7) is 1.84. The molecule has 98 valence electrons. The predicted molar refractivity (Wildman–Crippen MR) is 66.4 cm³/mol. The summed E-state index contributed by atoms with van der Waals surface area (Å²) in [6, 6.07) is 0. The highest BCUT2D eigenvalue weighted by atomic mass is 16.3. The van der Waals surface area contributed by atoms with Crippen LogP contribution in [0.4, 0.5) is 0 Å². The highest BCUT2D eigenvalue weighted by Crippen LogP contribution is 2.39. The Labute approximate surface area is 103 Å². The fourth-order valence-corrected chi connectivity index (χ4v) is 3.16. The van der Waals surface area contributed by atoms with Gasteiger partial charge in [-0.1, -0.05) is 19.3 Å². The Morgan fingerprint density at radius 2 is 2.06 bits per heavy atom. The quantitative estimate of drug-likeness (QED) is 0.769. The first-order valence-electron chi connectivity index (χ1n) is 6.81. The molecule has 17 heavy (non-hydrogen) atoms. The smallest absolute Gasteiger partial charge is 0.223 e. The van der Waals surface area contributed by atoms with Crippen LogP contribution in [-0.2, 0) is 4.79 Å². The van der Waals surface area contributed by atoms with Crippen molar-refractivity contribution >= 4 is 5.91 Å². The maximum Gasteiger partial charge on any atom is 0.223 e. The molecule has 1 saturated carbocycles.